The molecule has 0 aromatic carbocycles. The van der Waals surface area contributed by atoms with Crippen molar-refractivity contribution in [3.05, 3.63) is 18.2 Å². The molecule has 1 aromatic heterocycles. The van der Waals surface area contributed by atoms with E-state index >= 15 is 0 Å². The Morgan fingerprint density at radius 2 is 0.620 bits per heavy atom. The minimum Gasteiger partial charge on any atom is -0.234 e. The van der Waals surface area contributed by atoms with Gasteiger partial charge in [-0.1, -0.05) is 239 Å². The maximum absolute atomic E-state index is 2.65. The topological polar surface area (TPSA) is 8.81 Å². The molecule has 1 aromatic rings. The van der Waals surface area contributed by atoms with Crippen LogP contribution in [0.15, 0.2) is 12.4 Å². The standard InChI is InChI=1S/C48H95N2/c1-4-7-10-13-16-19-22-25-26-27-28-31-34-37-40-43-48-49(44-41-38-35-32-29-23-20-17-14-11-8-5-2)46-47-50(48)45-42-39-36-33-30-24-21-18-15-12-9-6-3/h46-47H,4-45H2,1-3H3/q+1. The summed E-state index contributed by atoms with van der Waals surface area (Å²) in [7, 11) is 0. The quantitative estimate of drug-likeness (QED) is 0.0474. The minimum atomic E-state index is 1.23. The molecule has 0 aliphatic rings. The third kappa shape index (κ3) is 30.8. The Bertz CT molecular complexity index is 721. The van der Waals surface area contributed by atoms with Crippen molar-refractivity contribution >= 4 is 0 Å². The molecule has 2 heteroatoms. The molecule has 0 bridgehead atoms. The zero-order chi connectivity index (χ0) is 35.8. The molecule has 0 unspecified atom stereocenters. The average molecular weight is 700 g/mol. The molecule has 1 heterocycles. The van der Waals surface area contributed by atoms with Crippen molar-refractivity contribution in [3.8, 4) is 0 Å². The van der Waals surface area contributed by atoms with E-state index in [9.17, 15) is 0 Å². The number of aromatic nitrogens is 2. The second-order valence-electron chi connectivity index (χ2n) is 16.6. The second kappa shape index (κ2) is 39.4. The van der Waals surface area contributed by atoms with Crippen molar-refractivity contribution in [3.63, 3.8) is 0 Å². The highest BCUT2D eigenvalue weighted by atomic mass is 15.1. The third-order valence-electron chi connectivity index (χ3n) is 11.6. The van der Waals surface area contributed by atoms with E-state index in [1.54, 1.807) is 5.82 Å². The fourth-order valence-electron chi connectivity index (χ4n) is 8.09. The van der Waals surface area contributed by atoms with E-state index in [-0.39, 0.29) is 0 Å². The van der Waals surface area contributed by atoms with Crippen LogP contribution in [-0.4, -0.2) is 4.57 Å². The summed E-state index contributed by atoms with van der Waals surface area (Å²) in [5.41, 5.74) is 0. The van der Waals surface area contributed by atoms with Gasteiger partial charge in [0.15, 0.2) is 0 Å². The molecule has 0 N–H and O–H groups in total. The Balaban J connectivity index is 2.27. The summed E-state index contributed by atoms with van der Waals surface area (Å²) >= 11 is 0. The first-order valence-corrected chi connectivity index (χ1v) is 23.9. The predicted octanol–water partition coefficient (Wildman–Crippen LogP) is 16.6. The third-order valence-corrected chi connectivity index (χ3v) is 11.6. The SMILES string of the molecule is CCCCCCCCCCCCCCCCCc1n(CCCCCCCCCCCCCC)cc[n+]1CCCCCCCCCCCCCC. The largest absolute Gasteiger partial charge is 0.256 e. The summed E-state index contributed by atoms with van der Waals surface area (Å²) in [6.07, 6.45) is 62.3. The number of imidazole rings is 1. The zero-order valence-corrected chi connectivity index (χ0v) is 35.2. The number of hydrogen-bond acceptors (Lipinski definition) is 0. The lowest BCUT2D eigenvalue weighted by molar-refractivity contribution is -0.704. The van der Waals surface area contributed by atoms with Gasteiger partial charge in [0.2, 0.25) is 0 Å². The molecule has 296 valence electrons. The summed E-state index contributed by atoms with van der Waals surface area (Å²) in [5, 5.41) is 0. The molecular weight excluding hydrogens is 605 g/mol. The van der Waals surface area contributed by atoms with Crippen LogP contribution in [0, 0.1) is 0 Å². The average Bonchev–Trinajstić information content (AvgIpc) is 3.51. The van der Waals surface area contributed by atoms with Crippen molar-refractivity contribution < 1.29 is 4.57 Å². The molecule has 0 aliphatic heterocycles. The number of rotatable bonds is 42. The normalized spacial score (nSPS) is 11.7. The number of nitrogens with zero attached hydrogens (tertiary/aromatic N) is 2. The molecule has 0 fully saturated rings. The lowest BCUT2D eigenvalue weighted by atomic mass is 10.0. The van der Waals surface area contributed by atoms with Gasteiger partial charge in [-0.15, -0.1) is 0 Å². The van der Waals surface area contributed by atoms with Crippen molar-refractivity contribution in [1.82, 2.24) is 4.57 Å². The van der Waals surface area contributed by atoms with E-state index in [1.807, 2.05) is 0 Å². The van der Waals surface area contributed by atoms with Gasteiger partial charge in [-0.3, -0.25) is 0 Å². The highest BCUT2D eigenvalue weighted by Crippen LogP contribution is 2.16. The van der Waals surface area contributed by atoms with Gasteiger partial charge in [-0.25, -0.2) is 9.13 Å². The predicted molar refractivity (Wildman–Crippen MR) is 225 cm³/mol. The maximum atomic E-state index is 2.65. The highest BCUT2D eigenvalue weighted by Gasteiger charge is 2.16. The minimum absolute atomic E-state index is 1.23. The van der Waals surface area contributed by atoms with E-state index in [0.29, 0.717) is 0 Å². The monoisotopic (exact) mass is 700 g/mol. The number of hydrogen-bond donors (Lipinski definition) is 0. The molecule has 0 saturated heterocycles. The summed E-state index contributed by atoms with van der Waals surface area (Å²) in [5.74, 6) is 1.63. The molecule has 0 radical (unpaired) electrons. The van der Waals surface area contributed by atoms with Gasteiger partial charge < -0.3 is 0 Å². The van der Waals surface area contributed by atoms with Gasteiger partial charge in [0.1, 0.15) is 12.4 Å². The Labute approximate surface area is 317 Å². The van der Waals surface area contributed by atoms with Crippen molar-refractivity contribution in [2.75, 3.05) is 0 Å². The first-order chi connectivity index (χ1) is 24.8. The maximum Gasteiger partial charge on any atom is 0.256 e. The van der Waals surface area contributed by atoms with Crippen LogP contribution in [0.4, 0.5) is 0 Å². The summed E-state index contributed by atoms with van der Waals surface area (Å²) in [6, 6.07) is 0. The molecular formula is C48H95N2+. The van der Waals surface area contributed by atoms with E-state index in [2.05, 4.69) is 42.3 Å². The van der Waals surface area contributed by atoms with Crippen LogP contribution in [0.25, 0.3) is 0 Å². The highest BCUT2D eigenvalue weighted by molar-refractivity contribution is 4.84. The van der Waals surface area contributed by atoms with Gasteiger partial charge in [0.25, 0.3) is 5.82 Å². The lowest BCUT2D eigenvalue weighted by Crippen LogP contribution is -2.37. The molecule has 0 atom stereocenters. The molecule has 0 aliphatic carbocycles. The van der Waals surface area contributed by atoms with Crippen LogP contribution in [0.5, 0.6) is 0 Å². The molecule has 1 rings (SSSR count). The first kappa shape index (κ1) is 47.2. The second-order valence-corrected chi connectivity index (χ2v) is 16.6. The lowest BCUT2D eigenvalue weighted by Gasteiger charge is -2.07. The summed E-state index contributed by atoms with van der Waals surface area (Å²) < 4.78 is 5.31. The van der Waals surface area contributed by atoms with Crippen LogP contribution in [-0.2, 0) is 19.5 Å². The van der Waals surface area contributed by atoms with Crippen molar-refractivity contribution in [2.45, 2.75) is 291 Å². The molecule has 0 amide bonds. The van der Waals surface area contributed by atoms with Crippen molar-refractivity contribution in [2.24, 2.45) is 0 Å². The summed E-state index contributed by atoms with van der Waals surface area (Å²) in [4.78, 5) is 0. The molecule has 0 spiro atoms. The molecule has 0 saturated carbocycles. The van der Waals surface area contributed by atoms with Crippen LogP contribution >= 0.6 is 0 Å². The van der Waals surface area contributed by atoms with E-state index in [0.717, 1.165) is 0 Å². The number of unbranched alkanes of at least 4 members (excludes halogenated alkanes) is 36. The Kier molecular flexibility index (Phi) is 37.2. The zero-order valence-electron chi connectivity index (χ0n) is 35.2. The first-order valence-electron chi connectivity index (χ1n) is 23.9. The smallest absolute Gasteiger partial charge is 0.234 e. The Hall–Kier alpha value is -0.790. The van der Waals surface area contributed by atoms with Gasteiger partial charge >= 0.3 is 0 Å². The van der Waals surface area contributed by atoms with Crippen LogP contribution in [0.1, 0.15) is 277 Å². The van der Waals surface area contributed by atoms with Gasteiger partial charge in [0, 0.05) is 6.42 Å². The van der Waals surface area contributed by atoms with Crippen molar-refractivity contribution in [1.29, 1.82) is 0 Å². The Morgan fingerprint density at radius 3 is 0.960 bits per heavy atom. The van der Waals surface area contributed by atoms with Crippen LogP contribution in [0.2, 0.25) is 0 Å². The number of aryl methyl sites for hydroxylation is 2. The van der Waals surface area contributed by atoms with Crippen LogP contribution in [0.3, 0.4) is 0 Å². The Morgan fingerprint density at radius 1 is 0.340 bits per heavy atom. The fraction of sp³-hybridized carbons (Fsp3) is 0.938. The van der Waals surface area contributed by atoms with E-state index < -0.39 is 0 Å². The van der Waals surface area contributed by atoms with Gasteiger partial charge in [0.05, 0.1) is 13.1 Å². The molecule has 50 heavy (non-hydrogen) atoms. The van der Waals surface area contributed by atoms with E-state index in [4.69, 9.17) is 0 Å². The molecule has 2 nitrogen and oxygen atoms in total. The van der Waals surface area contributed by atoms with Crippen LogP contribution < -0.4 is 4.57 Å². The summed E-state index contributed by atoms with van der Waals surface area (Å²) in [6.45, 7) is 9.41. The van der Waals surface area contributed by atoms with Gasteiger partial charge in [-0.05, 0) is 32.1 Å². The van der Waals surface area contributed by atoms with E-state index in [1.165, 1.54) is 270 Å². The van der Waals surface area contributed by atoms with Gasteiger partial charge in [-0.2, -0.15) is 0 Å². The fourth-order valence-corrected chi connectivity index (χ4v) is 8.09.